The van der Waals surface area contributed by atoms with Gasteiger partial charge >= 0.3 is 0 Å². The summed E-state index contributed by atoms with van der Waals surface area (Å²) in [5.74, 6) is 0. The molecular weight excluding hydrogens is 420 g/mol. The number of aromatic amines is 1. The third-order valence-corrected chi connectivity index (χ3v) is 7.32. The number of hydrogen-bond donors (Lipinski definition) is 2. The van der Waals surface area contributed by atoms with E-state index in [1.165, 1.54) is 31.4 Å². The molecule has 0 spiro atoms. The number of nitrogens with one attached hydrogen (secondary N) is 2. The zero-order chi connectivity index (χ0) is 22.2. The molecule has 5 rings (SSSR count). The number of aromatic nitrogens is 2. The second-order valence-corrected chi connectivity index (χ2v) is 10.2. The summed E-state index contributed by atoms with van der Waals surface area (Å²) >= 11 is 6.82. The Bertz CT molecular complexity index is 1020. The van der Waals surface area contributed by atoms with Gasteiger partial charge in [-0.15, -0.1) is 0 Å². The summed E-state index contributed by atoms with van der Waals surface area (Å²) in [4.78, 5) is 15.3. The Morgan fingerprint density at radius 1 is 1.22 bits per heavy atom. The largest absolute Gasteiger partial charge is 0.368 e. The molecule has 0 bridgehead atoms. The maximum atomic E-state index is 6.82. The van der Waals surface area contributed by atoms with E-state index in [1.807, 2.05) is 0 Å². The van der Waals surface area contributed by atoms with Gasteiger partial charge in [-0.25, -0.2) is 4.98 Å². The van der Waals surface area contributed by atoms with Crippen LogP contribution in [0.2, 0.25) is 5.02 Å². The molecule has 2 fully saturated rings. The van der Waals surface area contributed by atoms with Gasteiger partial charge in [-0.05, 0) is 44.8 Å². The van der Waals surface area contributed by atoms with E-state index in [9.17, 15) is 0 Å². The number of piperidine rings is 1. The number of hydrogen-bond acceptors (Lipinski definition) is 5. The second kappa shape index (κ2) is 9.08. The molecule has 1 unspecified atom stereocenters. The predicted octanol–water partition coefficient (Wildman–Crippen LogP) is 4.54. The number of fused-ring (bicyclic) bond motifs is 1. The number of H-pyrrole nitrogens is 1. The van der Waals surface area contributed by atoms with Gasteiger partial charge in [0.2, 0.25) is 0 Å². The molecule has 5 heterocycles. The van der Waals surface area contributed by atoms with E-state index in [-0.39, 0.29) is 0 Å². The van der Waals surface area contributed by atoms with Crippen molar-refractivity contribution >= 4 is 34.0 Å². The second-order valence-electron chi connectivity index (χ2n) is 9.78. The van der Waals surface area contributed by atoms with Crippen molar-refractivity contribution in [1.82, 2.24) is 20.2 Å². The first kappa shape index (κ1) is 21.8. The normalized spacial score (nSPS) is 24.7. The van der Waals surface area contributed by atoms with Gasteiger partial charge in [0, 0.05) is 50.2 Å². The number of likely N-dealkylation sites (N-methyl/N-ethyl adjacent to an activating group) is 1. The molecule has 7 heteroatoms. The van der Waals surface area contributed by atoms with Crippen molar-refractivity contribution in [3.63, 3.8) is 0 Å². The SMILES string of the molecule is CC(C)NC1CCCN(c2c(Cl)cnc3[nH]cc(N4C=C([C@H]5CCCN5C)C=CC4)c23)C1. The molecule has 3 aliphatic rings. The highest BCUT2D eigenvalue weighted by atomic mass is 35.5. The maximum absolute atomic E-state index is 6.82. The standard InChI is InChI=1S/C25H35ClN6/c1-17(2)29-19-8-5-12-32(16-19)24-20(26)13-27-25-23(24)22(14-28-25)31-11-4-7-18(15-31)21-9-6-10-30(21)3/h4,7,13-15,17,19,21,29H,5-6,8-12,16H2,1-3H3,(H,27,28)/t19?,21-/m1/s1. The third-order valence-electron chi connectivity index (χ3n) is 7.05. The van der Waals surface area contributed by atoms with Gasteiger partial charge in [0.05, 0.1) is 28.0 Å². The first-order valence-electron chi connectivity index (χ1n) is 12.0. The molecule has 172 valence electrons. The highest BCUT2D eigenvalue weighted by Gasteiger charge is 2.28. The molecule has 3 aliphatic heterocycles. The molecule has 2 atom stereocenters. The molecule has 0 aliphatic carbocycles. The summed E-state index contributed by atoms with van der Waals surface area (Å²) in [5, 5.41) is 5.59. The van der Waals surface area contributed by atoms with Gasteiger partial charge < -0.3 is 20.1 Å². The van der Waals surface area contributed by atoms with Gasteiger partial charge in [-0.1, -0.05) is 37.6 Å². The molecule has 2 aromatic heterocycles. The number of anilines is 2. The van der Waals surface area contributed by atoms with E-state index >= 15 is 0 Å². The Kier molecular flexibility index (Phi) is 6.19. The molecule has 2 aromatic rings. The fourth-order valence-electron chi connectivity index (χ4n) is 5.64. The zero-order valence-corrected chi connectivity index (χ0v) is 20.2. The first-order valence-corrected chi connectivity index (χ1v) is 12.4. The lowest BCUT2D eigenvalue weighted by Crippen LogP contribution is -2.48. The van der Waals surface area contributed by atoms with Crippen LogP contribution in [0.15, 0.2) is 36.3 Å². The lowest BCUT2D eigenvalue weighted by Gasteiger charge is -2.37. The average molecular weight is 455 g/mol. The molecular formula is C25H35ClN6. The highest BCUT2D eigenvalue weighted by molar-refractivity contribution is 6.35. The fourth-order valence-corrected chi connectivity index (χ4v) is 5.90. The van der Waals surface area contributed by atoms with Crippen LogP contribution in [0.1, 0.15) is 39.5 Å². The summed E-state index contributed by atoms with van der Waals surface area (Å²) < 4.78 is 0. The van der Waals surface area contributed by atoms with Gasteiger partial charge in [0.15, 0.2) is 0 Å². The maximum Gasteiger partial charge on any atom is 0.141 e. The minimum Gasteiger partial charge on any atom is -0.368 e. The van der Waals surface area contributed by atoms with Crippen LogP contribution >= 0.6 is 11.6 Å². The molecule has 6 nitrogen and oxygen atoms in total. The molecule has 0 amide bonds. The smallest absolute Gasteiger partial charge is 0.141 e. The van der Waals surface area contributed by atoms with Crippen LogP contribution in [0.25, 0.3) is 11.0 Å². The van der Waals surface area contributed by atoms with Crippen LogP contribution in [0, 0.1) is 0 Å². The number of halogens is 1. The molecule has 32 heavy (non-hydrogen) atoms. The van der Waals surface area contributed by atoms with E-state index in [1.54, 1.807) is 6.20 Å². The molecule has 0 saturated carbocycles. The molecule has 0 aromatic carbocycles. The van der Waals surface area contributed by atoms with Crippen molar-refractivity contribution in [1.29, 1.82) is 0 Å². The Hall–Kier alpha value is -2.02. The Morgan fingerprint density at radius 2 is 2.06 bits per heavy atom. The number of pyridine rings is 1. The van der Waals surface area contributed by atoms with E-state index < -0.39 is 0 Å². The molecule has 2 saturated heterocycles. The number of nitrogens with zero attached hydrogens (tertiary/aromatic N) is 4. The van der Waals surface area contributed by atoms with Crippen LogP contribution < -0.4 is 15.1 Å². The van der Waals surface area contributed by atoms with Gasteiger partial charge in [-0.2, -0.15) is 0 Å². The van der Waals surface area contributed by atoms with Crippen LogP contribution in [-0.4, -0.2) is 66.2 Å². The molecule has 2 N–H and O–H groups in total. The molecule has 0 radical (unpaired) electrons. The minimum absolute atomic E-state index is 0.479. The Morgan fingerprint density at radius 3 is 2.84 bits per heavy atom. The van der Waals surface area contributed by atoms with Crippen LogP contribution in [0.5, 0.6) is 0 Å². The summed E-state index contributed by atoms with van der Waals surface area (Å²) in [6.07, 6.45) is 15.7. The fraction of sp³-hybridized carbons (Fsp3) is 0.560. The lowest BCUT2D eigenvalue weighted by molar-refractivity contribution is 0.348. The Labute approximate surface area is 196 Å². The summed E-state index contributed by atoms with van der Waals surface area (Å²) in [6, 6.07) is 1.46. The third kappa shape index (κ3) is 4.16. The van der Waals surface area contributed by atoms with Crippen molar-refractivity contribution in [3.8, 4) is 0 Å². The zero-order valence-electron chi connectivity index (χ0n) is 19.4. The van der Waals surface area contributed by atoms with E-state index in [0.29, 0.717) is 18.1 Å². The number of rotatable bonds is 5. The lowest BCUT2D eigenvalue weighted by atomic mass is 10.0. The van der Waals surface area contributed by atoms with Crippen LogP contribution in [0.4, 0.5) is 11.4 Å². The van der Waals surface area contributed by atoms with E-state index in [0.717, 1.165) is 53.5 Å². The van der Waals surface area contributed by atoms with Gasteiger partial charge in [0.25, 0.3) is 0 Å². The summed E-state index contributed by atoms with van der Waals surface area (Å²) in [5.41, 5.74) is 4.57. The predicted molar refractivity (Wildman–Crippen MR) is 135 cm³/mol. The quantitative estimate of drug-likeness (QED) is 0.694. The summed E-state index contributed by atoms with van der Waals surface area (Å²) in [6.45, 7) is 8.46. The van der Waals surface area contributed by atoms with Crippen molar-refractivity contribution in [2.75, 3.05) is 43.0 Å². The topological polar surface area (TPSA) is 50.4 Å². The van der Waals surface area contributed by atoms with Crippen molar-refractivity contribution < 1.29 is 0 Å². The van der Waals surface area contributed by atoms with Crippen molar-refractivity contribution in [2.24, 2.45) is 0 Å². The van der Waals surface area contributed by atoms with E-state index in [4.69, 9.17) is 11.6 Å². The van der Waals surface area contributed by atoms with Gasteiger partial charge in [-0.3, -0.25) is 4.90 Å². The monoisotopic (exact) mass is 454 g/mol. The van der Waals surface area contributed by atoms with E-state index in [2.05, 4.69) is 75.4 Å². The van der Waals surface area contributed by atoms with Crippen molar-refractivity contribution in [2.45, 2.75) is 57.7 Å². The van der Waals surface area contributed by atoms with Gasteiger partial charge in [0.1, 0.15) is 5.65 Å². The first-order chi connectivity index (χ1) is 15.5. The number of likely N-dealkylation sites (tertiary alicyclic amines) is 1. The van der Waals surface area contributed by atoms with Crippen LogP contribution in [-0.2, 0) is 0 Å². The highest BCUT2D eigenvalue weighted by Crippen LogP contribution is 2.41. The Balaban J connectivity index is 1.51. The average Bonchev–Trinajstić information content (AvgIpc) is 3.40. The van der Waals surface area contributed by atoms with Crippen molar-refractivity contribution in [3.05, 3.63) is 41.3 Å². The van der Waals surface area contributed by atoms with Crippen LogP contribution in [0.3, 0.4) is 0 Å². The minimum atomic E-state index is 0.479. The summed E-state index contributed by atoms with van der Waals surface area (Å²) in [7, 11) is 2.23.